The molecule has 0 aromatic heterocycles. The number of rotatable bonds is 2. The summed E-state index contributed by atoms with van der Waals surface area (Å²) in [6, 6.07) is 4.08. The Morgan fingerprint density at radius 3 is 2.25 bits per heavy atom. The Balaban J connectivity index is 3.33. The maximum atomic E-state index is 10.0. The number of phenols is 1. The van der Waals surface area contributed by atoms with Gasteiger partial charge in [-0.1, -0.05) is 26.8 Å². The van der Waals surface area contributed by atoms with Crippen LogP contribution in [0.5, 0.6) is 5.75 Å². The number of phenolic OH excluding ortho intramolecular Hbond substituents is 1. The van der Waals surface area contributed by atoms with Gasteiger partial charge in [0, 0.05) is 12.7 Å². The zero-order valence-corrected chi connectivity index (χ0v) is 11.1. The van der Waals surface area contributed by atoms with Crippen molar-refractivity contribution < 1.29 is 9.84 Å². The molecule has 0 bridgehead atoms. The second-order valence-corrected chi connectivity index (χ2v) is 5.36. The van der Waals surface area contributed by atoms with Gasteiger partial charge in [-0.25, -0.2) is 0 Å². The molecular weight excluding hydrogens is 200 g/mol. The maximum absolute atomic E-state index is 10.0. The van der Waals surface area contributed by atoms with Gasteiger partial charge in [0.2, 0.25) is 0 Å². The van der Waals surface area contributed by atoms with E-state index in [9.17, 15) is 5.11 Å². The summed E-state index contributed by atoms with van der Waals surface area (Å²) in [6.45, 7) is 10.4. The number of ether oxygens (including phenoxy) is 1. The molecule has 1 aromatic carbocycles. The van der Waals surface area contributed by atoms with Crippen molar-refractivity contribution in [2.45, 2.75) is 46.1 Å². The van der Waals surface area contributed by atoms with Crippen molar-refractivity contribution in [3.63, 3.8) is 0 Å². The zero-order chi connectivity index (χ0) is 12.5. The Labute approximate surface area is 98.3 Å². The van der Waals surface area contributed by atoms with Gasteiger partial charge >= 0.3 is 0 Å². The van der Waals surface area contributed by atoms with Crippen LogP contribution in [0, 0.1) is 6.92 Å². The highest BCUT2D eigenvalue weighted by Crippen LogP contribution is 2.34. The second-order valence-electron chi connectivity index (χ2n) is 5.36. The lowest BCUT2D eigenvalue weighted by Crippen LogP contribution is -2.12. The minimum absolute atomic E-state index is 0.0824. The summed E-state index contributed by atoms with van der Waals surface area (Å²) in [4.78, 5) is 0. The highest BCUT2D eigenvalue weighted by atomic mass is 16.5. The molecular formula is C14H22O2. The maximum Gasteiger partial charge on any atom is 0.124 e. The Morgan fingerprint density at radius 2 is 1.81 bits per heavy atom. The van der Waals surface area contributed by atoms with Gasteiger partial charge in [0.05, 0.1) is 6.10 Å². The molecule has 0 fully saturated rings. The third kappa shape index (κ3) is 2.56. The molecule has 16 heavy (non-hydrogen) atoms. The third-order valence-corrected chi connectivity index (χ3v) is 2.99. The largest absolute Gasteiger partial charge is 0.507 e. The predicted octanol–water partition coefficient (Wildman–Crippen LogP) is 3.71. The summed E-state index contributed by atoms with van der Waals surface area (Å²) in [5.41, 5.74) is 3.08. The molecule has 0 saturated carbocycles. The molecule has 2 nitrogen and oxygen atoms in total. The van der Waals surface area contributed by atoms with Crippen LogP contribution >= 0.6 is 0 Å². The van der Waals surface area contributed by atoms with E-state index < -0.39 is 0 Å². The van der Waals surface area contributed by atoms with Crippen LogP contribution in [0.25, 0.3) is 0 Å². The van der Waals surface area contributed by atoms with E-state index in [1.54, 1.807) is 7.11 Å². The number of aromatic hydroxyl groups is 1. The first-order valence-electron chi connectivity index (χ1n) is 5.64. The Morgan fingerprint density at radius 1 is 1.25 bits per heavy atom. The van der Waals surface area contributed by atoms with Gasteiger partial charge in [-0.2, -0.15) is 0 Å². The number of methoxy groups -OCH3 is 1. The smallest absolute Gasteiger partial charge is 0.124 e. The van der Waals surface area contributed by atoms with Crippen LogP contribution in [0.4, 0.5) is 0 Å². The van der Waals surface area contributed by atoms with Crippen molar-refractivity contribution in [3.8, 4) is 5.75 Å². The summed E-state index contributed by atoms with van der Waals surface area (Å²) >= 11 is 0. The van der Waals surface area contributed by atoms with Gasteiger partial charge in [0.15, 0.2) is 0 Å². The number of benzene rings is 1. The van der Waals surface area contributed by atoms with Crippen molar-refractivity contribution in [1.29, 1.82) is 0 Å². The van der Waals surface area contributed by atoms with Crippen molar-refractivity contribution in [2.24, 2.45) is 0 Å². The summed E-state index contributed by atoms with van der Waals surface area (Å²) in [6.07, 6.45) is -0.0824. The summed E-state index contributed by atoms with van der Waals surface area (Å²) in [7, 11) is 1.66. The van der Waals surface area contributed by atoms with Crippen molar-refractivity contribution in [1.82, 2.24) is 0 Å². The van der Waals surface area contributed by atoms with E-state index in [2.05, 4.69) is 20.8 Å². The standard InChI is InChI=1S/C14H22O2/c1-9-7-11(14(3,4)5)8-12(13(9)15)10(2)16-6/h7-8,10,15H,1-6H3. The van der Waals surface area contributed by atoms with Crippen LogP contribution in [0.1, 0.15) is 50.5 Å². The van der Waals surface area contributed by atoms with E-state index in [-0.39, 0.29) is 11.5 Å². The zero-order valence-electron chi connectivity index (χ0n) is 11.1. The lowest BCUT2D eigenvalue weighted by molar-refractivity contribution is 0.117. The molecule has 90 valence electrons. The van der Waals surface area contributed by atoms with Gasteiger partial charge in [0.25, 0.3) is 0 Å². The van der Waals surface area contributed by atoms with E-state index in [0.717, 1.165) is 11.1 Å². The molecule has 0 aliphatic heterocycles. The Kier molecular flexibility index (Phi) is 3.64. The van der Waals surface area contributed by atoms with Crippen molar-refractivity contribution in [2.75, 3.05) is 7.11 Å². The van der Waals surface area contributed by atoms with Crippen LogP contribution in [0.15, 0.2) is 12.1 Å². The molecule has 1 N–H and O–H groups in total. The average Bonchev–Trinajstić information content (AvgIpc) is 2.19. The second kappa shape index (κ2) is 4.46. The molecule has 1 rings (SSSR count). The van der Waals surface area contributed by atoms with E-state index in [1.165, 1.54) is 5.56 Å². The molecule has 1 atom stereocenters. The molecule has 2 heteroatoms. The molecule has 0 amide bonds. The minimum Gasteiger partial charge on any atom is -0.507 e. The Hall–Kier alpha value is -1.02. The van der Waals surface area contributed by atoms with E-state index in [1.807, 2.05) is 26.0 Å². The highest BCUT2D eigenvalue weighted by Gasteiger charge is 2.19. The summed E-state index contributed by atoms with van der Waals surface area (Å²) in [5.74, 6) is 0.349. The average molecular weight is 222 g/mol. The van der Waals surface area contributed by atoms with Crippen LogP contribution < -0.4 is 0 Å². The van der Waals surface area contributed by atoms with Gasteiger partial charge in [-0.3, -0.25) is 0 Å². The fourth-order valence-corrected chi connectivity index (χ4v) is 1.68. The van der Waals surface area contributed by atoms with E-state index in [0.29, 0.717) is 5.75 Å². The molecule has 0 radical (unpaired) electrons. The summed E-state index contributed by atoms with van der Waals surface area (Å²) in [5, 5.41) is 10.0. The van der Waals surface area contributed by atoms with Crippen LogP contribution in [0.2, 0.25) is 0 Å². The highest BCUT2D eigenvalue weighted by molar-refractivity contribution is 5.45. The van der Waals surface area contributed by atoms with Crippen molar-refractivity contribution in [3.05, 3.63) is 28.8 Å². The number of aryl methyl sites for hydroxylation is 1. The SMILES string of the molecule is COC(C)c1cc(C(C)(C)C)cc(C)c1O. The minimum atomic E-state index is -0.0824. The molecule has 0 aliphatic carbocycles. The molecule has 0 aliphatic rings. The van der Waals surface area contributed by atoms with Crippen LogP contribution in [-0.2, 0) is 10.2 Å². The Bertz CT molecular complexity index is 375. The predicted molar refractivity (Wildman–Crippen MR) is 67.0 cm³/mol. The van der Waals surface area contributed by atoms with Gasteiger partial charge in [-0.15, -0.1) is 0 Å². The third-order valence-electron chi connectivity index (χ3n) is 2.99. The fourth-order valence-electron chi connectivity index (χ4n) is 1.68. The first-order valence-corrected chi connectivity index (χ1v) is 5.64. The van der Waals surface area contributed by atoms with Gasteiger partial charge in [0.1, 0.15) is 5.75 Å². The monoisotopic (exact) mass is 222 g/mol. The van der Waals surface area contributed by atoms with Crippen LogP contribution in [0.3, 0.4) is 0 Å². The first kappa shape index (κ1) is 13.0. The lowest BCUT2D eigenvalue weighted by atomic mass is 9.84. The molecule has 1 unspecified atom stereocenters. The molecule has 0 spiro atoms. The molecule has 0 saturated heterocycles. The fraction of sp³-hybridized carbons (Fsp3) is 0.571. The lowest BCUT2D eigenvalue weighted by Gasteiger charge is -2.23. The topological polar surface area (TPSA) is 29.5 Å². The normalized spacial score (nSPS) is 13.9. The molecule has 1 aromatic rings. The van der Waals surface area contributed by atoms with Gasteiger partial charge in [-0.05, 0) is 36.5 Å². The first-order chi connectivity index (χ1) is 7.27. The van der Waals surface area contributed by atoms with Gasteiger partial charge < -0.3 is 9.84 Å². The van der Waals surface area contributed by atoms with Crippen molar-refractivity contribution >= 4 is 0 Å². The molecule has 0 heterocycles. The number of hydrogen-bond acceptors (Lipinski definition) is 2. The van der Waals surface area contributed by atoms with E-state index >= 15 is 0 Å². The quantitative estimate of drug-likeness (QED) is 0.826. The number of hydrogen-bond donors (Lipinski definition) is 1. The summed E-state index contributed by atoms with van der Waals surface area (Å²) < 4.78 is 5.28. The van der Waals surface area contributed by atoms with Crippen LogP contribution in [-0.4, -0.2) is 12.2 Å². The van der Waals surface area contributed by atoms with E-state index in [4.69, 9.17) is 4.74 Å².